The molecule has 6 nitrogen and oxygen atoms in total. The van der Waals surface area contributed by atoms with E-state index in [4.69, 9.17) is 5.11 Å². The van der Waals surface area contributed by atoms with Gasteiger partial charge < -0.3 is 15.3 Å². The van der Waals surface area contributed by atoms with Crippen LogP contribution >= 0.6 is 0 Å². The van der Waals surface area contributed by atoms with Crippen LogP contribution in [-0.2, 0) is 11.3 Å². The lowest BCUT2D eigenvalue weighted by molar-refractivity contribution is -0.139. The predicted octanol–water partition coefficient (Wildman–Crippen LogP) is 2.17. The lowest BCUT2D eigenvalue weighted by atomic mass is 10.2. The Morgan fingerprint density at radius 2 is 2.10 bits per heavy atom. The zero-order valence-corrected chi connectivity index (χ0v) is 12.8. The zero-order valence-electron chi connectivity index (χ0n) is 12.8. The summed E-state index contributed by atoms with van der Waals surface area (Å²) in [6, 6.07) is 4.41. The summed E-state index contributed by atoms with van der Waals surface area (Å²) in [5.41, 5.74) is 1.67. The second kappa shape index (κ2) is 8.24. The molecule has 1 atom stereocenters. The number of carbonyl (C=O) groups excluding carboxylic acids is 1. The van der Waals surface area contributed by atoms with Crippen LogP contribution in [0.1, 0.15) is 38.1 Å². The summed E-state index contributed by atoms with van der Waals surface area (Å²) in [6.07, 6.45) is 1.12. The number of aryl methyl sites for hydroxylation is 1. The number of pyridine rings is 1. The molecule has 0 fully saturated rings. The van der Waals surface area contributed by atoms with Crippen LogP contribution in [0.15, 0.2) is 18.2 Å². The third-order valence-electron chi connectivity index (χ3n) is 3.14. The van der Waals surface area contributed by atoms with Crippen LogP contribution < -0.4 is 5.32 Å². The molecule has 21 heavy (non-hydrogen) atoms. The number of hydrogen-bond donors (Lipinski definition) is 2. The molecule has 0 aliphatic heterocycles. The van der Waals surface area contributed by atoms with Crippen molar-refractivity contribution in [1.29, 1.82) is 0 Å². The molecule has 1 unspecified atom stereocenters. The average molecular weight is 293 g/mol. The van der Waals surface area contributed by atoms with E-state index in [-0.39, 0.29) is 6.03 Å². The Morgan fingerprint density at radius 1 is 1.38 bits per heavy atom. The van der Waals surface area contributed by atoms with Crippen LogP contribution in [-0.4, -0.2) is 39.6 Å². The highest BCUT2D eigenvalue weighted by atomic mass is 16.4. The number of aliphatic carboxylic acids is 1. The van der Waals surface area contributed by atoms with Crippen molar-refractivity contribution in [2.45, 2.75) is 46.2 Å². The molecule has 6 heteroatoms. The Hall–Kier alpha value is -2.11. The number of amides is 2. The lowest BCUT2D eigenvalue weighted by Gasteiger charge is -2.23. The zero-order chi connectivity index (χ0) is 15.8. The fourth-order valence-corrected chi connectivity index (χ4v) is 2.00. The summed E-state index contributed by atoms with van der Waals surface area (Å²) >= 11 is 0. The predicted molar refractivity (Wildman–Crippen MR) is 79.9 cm³/mol. The summed E-state index contributed by atoms with van der Waals surface area (Å²) in [6.45, 7) is 6.48. The van der Waals surface area contributed by atoms with Crippen molar-refractivity contribution >= 4 is 12.0 Å². The summed E-state index contributed by atoms with van der Waals surface area (Å²) in [4.78, 5) is 29.2. The minimum absolute atomic E-state index is 0.364. The van der Waals surface area contributed by atoms with E-state index in [1.54, 1.807) is 4.90 Å². The van der Waals surface area contributed by atoms with Gasteiger partial charge in [0.2, 0.25) is 0 Å². The van der Waals surface area contributed by atoms with Gasteiger partial charge in [-0.15, -0.1) is 0 Å². The van der Waals surface area contributed by atoms with Crippen LogP contribution in [0.4, 0.5) is 4.79 Å². The van der Waals surface area contributed by atoms with Gasteiger partial charge in [-0.3, -0.25) is 4.98 Å². The van der Waals surface area contributed by atoms with Crippen molar-refractivity contribution in [3.8, 4) is 0 Å². The van der Waals surface area contributed by atoms with Crippen LogP contribution in [0.25, 0.3) is 0 Å². The molecule has 1 rings (SSSR count). The van der Waals surface area contributed by atoms with E-state index in [0.717, 1.165) is 11.4 Å². The third-order valence-corrected chi connectivity index (χ3v) is 3.14. The number of nitrogens with one attached hydrogen (secondary N) is 1. The van der Waals surface area contributed by atoms with Gasteiger partial charge in [-0.05, 0) is 32.4 Å². The number of carboxylic acids is 1. The van der Waals surface area contributed by atoms with E-state index in [9.17, 15) is 9.59 Å². The smallest absolute Gasteiger partial charge is 0.326 e. The first-order chi connectivity index (χ1) is 9.97. The molecule has 0 spiro atoms. The Balaban J connectivity index is 2.70. The normalized spacial score (nSPS) is 11.8. The summed E-state index contributed by atoms with van der Waals surface area (Å²) < 4.78 is 0. The van der Waals surface area contributed by atoms with Crippen LogP contribution in [0, 0.1) is 6.92 Å². The first-order valence-corrected chi connectivity index (χ1v) is 7.18. The average Bonchev–Trinajstić information content (AvgIpc) is 2.44. The number of carbonyl (C=O) groups is 2. The Bertz CT molecular complexity index is 491. The van der Waals surface area contributed by atoms with E-state index in [1.165, 1.54) is 0 Å². The number of rotatable bonds is 7. The third kappa shape index (κ3) is 5.41. The quantitative estimate of drug-likeness (QED) is 0.807. The minimum atomic E-state index is -1.00. The van der Waals surface area contributed by atoms with Gasteiger partial charge in [0, 0.05) is 12.2 Å². The second-order valence-corrected chi connectivity index (χ2v) is 4.91. The maximum absolute atomic E-state index is 12.2. The van der Waals surface area contributed by atoms with Crippen LogP contribution in [0.2, 0.25) is 0 Å². The maximum atomic E-state index is 12.2. The van der Waals surface area contributed by atoms with Crippen molar-refractivity contribution in [1.82, 2.24) is 15.2 Å². The summed E-state index contributed by atoms with van der Waals surface area (Å²) in [5, 5.41) is 11.7. The van der Waals surface area contributed by atoms with Crippen LogP contribution in [0.5, 0.6) is 0 Å². The monoisotopic (exact) mass is 293 g/mol. The van der Waals surface area contributed by atoms with Gasteiger partial charge in [0.25, 0.3) is 0 Å². The molecule has 0 saturated heterocycles. The highest BCUT2D eigenvalue weighted by Gasteiger charge is 2.22. The molecule has 0 bridgehead atoms. The van der Waals surface area contributed by atoms with Gasteiger partial charge in [-0.25, -0.2) is 9.59 Å². The van der Waals surface area contributed by atoms with Crippen molar-refractivity contribution in [2.75, 3.05) is 6.54 Å². The molecular weight excluding hydrogens is 270 g/mol. The van der Waals surface area contributed by atoms with E-state index >= 15 is 0 Å². The van der Waals surface area contributed by atoms with E-state index in [0.29, 0.717) is 25.9 Å². The molecule has 0 aliphatic rings. The number of urea groups is 1. The molecule has 0 radical (unpaired) electrons. The molecule has 2 amide bonds. The largest absolute Gasteiger partial charge is 0.480 e. The van der Waals surface area contributed by atoms with Gasteiger partial charge in [-0.1, -0.05) is 19.4 Å². The Labute approximate surface area is 125 Å². The van der Waals surface area contributed by atoms with Crippen molar-refractivity contribution < 1.29 is 14.7 Å². The van der Waals surface area contributed by atoms with Gasteiger partial charge in [0.05, 0.1) is 12.2 Å². The number of aromatic nitrogens is 1. The number of nitrogens with zero attached hydrogens (tertiary/aromatic N) is 2. The van der Waals surface area contributed by atoms with Crippen molar-refractivity contribution in [3.63, 3.8) is 0 Å². The molecule has 0 saturated carbocycles. The van der Waals surface area contributed by atoms with E-state index in [2.05, 4.69) is 10.3 Å². The Kier molecular flexibility index (Phi) is 6.65. The molecule has 2 N–H and O–H groups in total. The van der Waals surface area contributed by atoms with Gasteiger partial charge in [-0.2, -0.15) is 0 Å². The van der Waals surface area contributed by atoms with Crippen molar-refractivity contribution in [2.24, 2.45) is 0 Å². The number of carboxylic acid groups (broad SMARTS) is 1. The fraction of sp³-hybridized carbons (Fsp3) is 0.533. The maximum Gasteiger partial charge on any atom is 0.326 e. The molecule has 116 valence electrons. The molecule has 1 aromatic rings. The highest BCUT2D eigenvalue weighted by Crippen LogP contribution is 2.05. The topological polar surface area (TPSA) is 82.5 Å². The fourth-order valence-electron chi connectivity index (χ4n) is 2.00. The van der Waals surface area contributed by atoms with Gasteiger partial charge in [0.1, 0.15) is 6.04 Å². The number of hydrogen-bond acceptors (Lipinski definition) is 3. The first kappa shape index (κ1) is 16.9. The van der Waals surface area contributed by atoms with Crippen molar-refractivity contribution in [3.05, 3.63) is 29.6 Å². The molecule has 1 heterocycles. The minimum Gasteiger partial charge on any atom is -0.480 e. The second-order valence-electron chi connectivity index (χ2n) is 4.91. The lowest BCUT2D eigenvalue weighted by Crippen LogP contribution is -2.47. The first-order valence-electron chi connectivity index (χ1n) is 7.18. The molecular formula is C15H23N3O3. The standard InChI is InChI=1S/C15H23N3O3/c1-4-7-13(14(19)20)17-15(21)18(5-2)10-12-9-6-8-11(3)16-12/h6,8-9,13H,4-5,7,10H2,1-3H3,(H,17,21)(H,19,20). The SMILES string of the molecule is CCCC(NC(=O)N(CC)Cc1cccc(C)n1)C(=O)O. The Morgan fingerprint density at radius 3 is 2.62 bits per heavy atom. The molecule has 0 aromatic carbocycles. The van der Waals surface area contributed by atoms with E-state index < -0.39 is 12.0 Å². The van der Waals surface area contributed by atoms with Gasteiger partial charge >= 0.3 is 12.0 Å². The van der Waals surface area contributed by atoms with Crippen LogP contribution in [0.3, 0.4) is 0 Å². The van der Waals surface area contributed by atoms with Gasteiger partial charge in [0.15, 0.2) is 0 Å². The van der Waals surface area contributed by atoms with E-state index in [1.807, 2.05) is 39.0 Å². The summed E-state index contributed by atoms with van der Waals surface area (Å²) in [7, 11) is 0. The molecule has 1 aromatic heterocycles. The highest BCUT2D eigenvalue weighted by molar-refractivity contribution is 5.82. The molecule has 0 aliphatic carbocycles. The summed E-state index contributed by atoms with van der Waals surface area (Å²) in [5.74, 6) is -1.00.